The molecule has 1 aliphatic rings. The van der Waals surface area contributed by atoms with Gasteiger partial charge in [0.25, 0.3) is 12.3 Å². The molecule has 0 radical (unpaired) electrons. The zero-order chi connectivity index (χ0) is 13.0. The van der Waals surface area contributed by atoms with Crippen molar-refractivity contribution < 1.29 is 13.6 Å². The zero-order valence-electron chi connectivity index (χ0n) is 9.70. The maximum atomic E-state index is 12.0. The van der Waals surface area contributed by atoms with Gasteiger partial charge in [-0.25, -0.2) is 13.8 Å². The van der Waals surface area contributed by atoms with Crippen LogP contribution in [0.4, 0.5) is 8.78 Å². The summed E-state index contributed by atoms with van der Waals surface area (Å²) in [4.78, 5) is 19.6. The molecule has 2 rings (SSSR count). The number of nitrogens with one attached hydrogen (secondary N) is 2. The SMILES string of the molecule is O=C(NCC(F)F)c1cncc(C2CCCN2)n1. The van der Waals surface area contributed by atoms with E-state index in [9.17, 15) is 13.6 Å². The maximum Gasteiger partial charge on any atom is 0.271 e. The van der Waals surface area contributed by atoms with Crippen LogP contribution in [0.5, 0.6) is 0 Å². The molecule has 0 aromatic carbocycles. The molecular formula is C11H14F2N4O. The molecule has 1 amide bonds. The monoisotopic (exact) mass is 256 g/mol. The molecule has 1 saturated heterocycles. The van der Waals surface area contributed by atoms with Crippen molar-refractivity contribution in [1.82, 2.24) is 20.6 Å². The summed E-state index contributed by atoms with van der Waals surface area (Å²) in [6, 6.07) is 0.0975. The zero-order valence-corrected chi connectivity index (χ0v) is 9.70. The molecule has 1 aromatic heterocycles. The third kappa shape index (κ3) is 3.19. The normalized spacial score (nSPS) is 19.2. The molecule has 0 bridgehead atoms. The number of hydrogen-bond donors (Lipinski definition) is 2. The van der Waals surface area contributed by atoms with Crippen molar-refractivity contribution in [3.63, 3.8) is 0 Å². The summed E-state index contributed by atoms with van der Waals surface area (Å²) >= 11 is 0. The number of halogens is 2. The Balaban J connectivity index is 2.04. The fourth-order valence-electron chi connectivity index (χ4n) is 1.86. The number of aromatic nitrogens is 2. The molecule has 0 saturated carbocycles. The van der Waals surface area contributed by atoms with Crippen LogP contribution in [0.15, 0.2) is 12.4 Å². The summed E-state index contributed by atoms with van der Waals surface area (Å²) in [5, 5.41) is 5.34. The summed E-state index contributed by atoms with van der Waals surface area (Å²) < 4.78 is 24.0. The van der Waals surface area contributed by atoms with Gasteiger partial charge in [0.2, 0.25) is 0 Å². The first-order valence-corrected chi connectivity index (χ1v) is 5.78. The molecular weight excluding hydrogens is 242 g/mol. The second kappa shape index (κ2) is 5.81. The van der Waals surface area contributed by atoms with Crippen LogP contribution < -0.4 is 10.6 Å². The van der Waals surface area contributed by atoms with Crippen LogP contribution >= 0.6 is 0 Å². The molecule has 1 fully saturated rings. The van der Waals surface area contributed by atoms with Gasteiger partial charge < -0.3 is 10.6 Å². The van der Waals surface area contributed by atoms with Gasteiger partial charge in [0.05, 0.1) is 30.7 Å². The summed E-state index contributed by atoms with van der Waals surface area (Å²) in [7, 11) is 0. The van der Waals surface area contributed by atoms with Crippen molar-refractivity contribution in [2.24, 2.45) is 0 Å². The van der Waals surface area contributed by atoms with E-state index in [-0.39, 0.29) is 11.7 Å². The molecule has 1 aliphatic heterocycles. The molecule has 1 atom stereocenters. The number of carbonyl (C=O) groups is 1. The van der Waals surface area contributed by atoms with Crippen molar-refractivity contribution in [3.8, 4) is 0 Å². The minimum atomic E-state index is -2.57. The van der Waals surface area contributed by atoms with Crippen molar-refractivity contribution in [2.45, 2.75) is 25.3 Å². The van der Waals surface area contributed by atoms with Gasteiger partial charge in [0, 0.05) is 0 Å². The van der Waals surface area contributed by atoms with E-state index in [4.69, 9.17) is 0 Å². The highest BCUT2D eigenvalue weighted by atomic mass is 19.3. The maximum absolute atomic E-state index is 12.0. The lowest BCUT2D eigenvalue weighted by Crippen LogP contribution is -2.29. The number of alkyl halides is 2. The lowest BCUT2D eigenvalue weighted by Gasteiger charge is -2.10. The topological polar surface area (TPSA) is 66.9 Å². The van der Waals surface area contributed by atoms with Crippen LogP contribution in [0.25, 0.3) is 0 Å². The number of hydrogen-bond acceptors (Lipinski definition) is 4. The minimum absolute atomic E-state index is 0.0712. The molecule has 1 aromatic rings. The van der Waals surface area contributed by atoms with Crippen molar-refractivity contribution in [1.29, 1.82) is 0 Å². The van der Waals surface area contributed by atoms with E-state index in [2.05, 4.69) is 20.6 Å². The highest BCUT2D eigenvalue weighted by Crippen LogP contribution is 2.20. The van der Waals surface area contributed by atoms with Crippen LogP contribution in [0.3, 0.4) is 0 Å². The van der Waals surface area contributed by atoms with E-state index in [1.54, 1.807) is 6.20 Å². The average molecular weight is 256 g/mol. The van der Waals surface area contributed by atoms with Crippen LogP contribution in [0.2, 0.25) is 0 Å². The largest absolute Gasteiger partial charge is 0.345 e. The molecule has 5 nitrogen and oxygen atoms in total. The predicted octanol–water partition coefficient (Wildman–Crippen LogP) is 0.896. The molecule has 18 heavy (non-hydrogen) atoms. The number of rotatable bonds is 4. The molecule has 0 aliphatic carbocycles. The Labute approximate surface area is 103 Å². The van der Waals surface area contributed by atoms with Crippen LogP contribution in [-0.4, -0.2) is 35.4 Å². The van der Waals surface area contributed by atoms with Gasteiger partial charge in [0.1, 0.15) is 5.69 Å². The Bertz CT molecular complexity index is 421. The summed E-state index contributed by atoms with van der Waals surface area (Å²) in [6.07, 6.45) is 2.29. The highest BCUT2D eigenvalue weighted by molar-refractivity contribution is 5.91. The second-order valence-corrected chi connectivity index (χ2v) is 4.08. The highest BCUT2D eigenvalue weighted by Gasteiger charge is 2.19. The number of amides is 1. The molecule has 7 heteroatoms. The standard InChI is InChI=1S/C11H14F2N4O/c12-10(13)6-16-11(18)9-5-14-4-8(17-9)7-2-1-3-15-7/h4-5,7,10,15H,1-3,6H2,(H,16,18). The van der Waals surface area contributed by atoms with E-state index in [1.165, 1.54) is 6.20 Å². The lowest BCUT2D eigenvalue weighted by molar-refractivity contribution is 0.0886. The first-order chi connectivity index (χ1) is 8.66. The predicted molar refractivity (Wildman–Crippen MR) is 60.3 cm³/mol. The average Bonchev–Trinajstić information content (AvgIpc) is 2.90. The van der Waals surface area contributed by atoms with Crippen LogP contribution in [0, 0.1) is 0 Å². The Hall–Kier alpha value is -1.63. The van der Waals surface area contributed by atoms with E-state index in [1.807, 2.05) is 0 Å². The molecule has 98 valence electrons. The molecule has 1 unspecified atom stereocenters. The Morgan fingerprint density at radius 2 is 2.39 bits per heavy atom. The van der Waals surface area contributed by atoms with Crippen LogP contribution in [-0.2, 0) is 0 Å². The Morgan fingerprint density at radius 1 is 1.56 bits per heavy atom. The Kier molecular flexibility index (Phi) is 4.14. The first-order valence-electron chi connectivity index (χ1n) is 5.78. The van der Waals surface area contributed by atoms with Gasteiger partial charge in [-0.1, -0.05) is 0 Å². The first kappa shape index (κ1) is 12.8. The van der Waals surface area contributed by atoms with Gasteiger partial charge in [-0.3, -0.25) is 9.78 Å². The summed E-state index contributed by atoms with van der Waals surface area (Å²) in [5.41, 5.74) is 0.749. The number of nitrogens with zero attached hydrogens (tertiary/aromatic N) is 2. The molecule has 0 spiro atoms. The van der Waals surface area contributed by atoms with E-state index >= 15 is 0 Å². The van der Waals surface area contributed by atoms with Gasteiger partial charge in [-0.15, -0.1) is 0 Å². The minimum Gasteiger partial charge on any atom is -0.345 e. The fraction of sp³-hybridized carbons (Fsp3) is 0.545. The smallest absolute Gasteiger partial charge is 0.271 e. The van der Waals surface area contributed by atoms with E-state index < -0.39 is 18.9 Å². The van der Waals surface area contributed by atoms with E-state index in [0.29, 0.717) is 5.69 Å². The number of carbonyl (C=O) groups excluding carboxylic acids is 1. The molecule has 2 N–H and O–H groups in total. The van der Waals surface area contributed by atoms with Gasteiger partial charge in [0.15, 0.2) is 0 Å². The second-order valence-electron chi connectivity index (χ2n) is 4.08. The fourth-order valence-corrected chi connectivity index (χ4v) is 1.86. The third-order valence-electron chi connectivity index (χ3n) is 2.72. The third-order valence-corrected chi connectivity index (χ3v) is 2.72. The van der Waals surface area contributed by atoms with Gasteiger partial charge in [-0.05, 0) is 19.4 Å². The quantitative estimate of drug-likeness (QED) is 0.839. The Morgan fingerprint density at radius 3 is 3.06 bits per heavy atom. The molecule has 2 heterocycles. The van der Waals surface area contributed by atoms with Crippen LogP contribution in [0.1, 0.15) is 35.1 Å². The summed E-state index contributed by atoms with van der Waals surface area (Å²) in [5.74, 6) is -0.623. The van der Waals surface area contributed by atoms with Crippen molar-refractivity contribution in [2.75, 3.05) is 13.1 Å². The van der Waals surface area contributed by atoms with Gasteiger partial charge >= 0.3 is 0 Å². The lowest BCUT2D eigenvalue weighted by atomic mass is 10.1. The van der Waals surface area contributed by atoms with E-state index in [0.717, 1.165) is 19.4 Å². The summed E-state index contributed by atoms with van der Waals surface area (Å²) in [6.45, 7) is 0.237. The van der Waals surface area contributed by atoms with Crippen molar-refractivity contribution in [3.05, 3.63) is 23.8 Å². The van der Waals surface area contributed by atoms with Gasteiger partial charge in [-0.2, -0.15) is 0 Å². The van der Waals surface area contributed by atoms with Crippen molar-refractivity contribution >= 4 is 5.91 Å².